The van der Waals surface area contributed by atoms with Gasteiger partial charge in [-0.3, -0.25) is 4.79 Å². The topological polar surface area (TPSA) is 107 Å². The fourth-order valence-electron chi connectivity index (χ4n) is 3.31. The van der Waals surface area contributed by atoms with Gasteiger partial charge >= 0.3 is 18.1 Å². The van der Waals surface area contributed by atoms with Gasteiger partial charge in [-0.25, -0.2) is 9.59 Å². The highest BCUT2D eigenvalue weighted by atomic mass is 35.5. The predicted molar refractivity (Wildman–Crippen MR) is 117 cm³/mol. The molecule has 3 N–H and O–H groups in total. The number of anilines is 2. The number of carboxylic acids is 2. The zero-order valence-corrected chi connectivity index (χ0v) is 18.3. The van der Waals surface area contributed by atoms with Crippen LogP contribution in [-0.4, -0.2) is 47.3 Å². The normalized spacial score (nSPS) is 15.8. The second kappa shape index (κ2) is 11.0. The summed E-state index contributed by atoms with van der Waals surface area (Å²) in [7, 11) is 0. The molecule has 1 aliphatic heterocycles. The SMILES string of the molecule is CC1CCCN(c2ccc(NC(=O)c3ccccc3Cl)cc2C(=O)O)C1.O=C(O)C(F)(F)F. The summed E-state index contributed by atoms with van der Waals surface area (Å²) < 4.78 is 31.7. The van der Waals surface area contributed by atoms with Crippen LogP contribution in [0.5, 0.6) is 0 Å². The van der Waals surface area contributed by atoms with E-state index >= 15 is 0 Å². The number of halogens is 4. The van der Waals surface area contributed by atoms with E-state index in [1.165, 1.54) is 6.07 Å². The fourth-order valence-corrected chi connectivity index (χ4v) is 3.53. The van der Waals surface area contributed by atoms with Gasteiger partial charge < -0.3 is 20.4 Å². The lowest BCUT2D eigenvalue weighted by molar-refractivity contribution is -0.192. The summed E-state index contributed by atoms with van der Waals surface area (Å²) in [5.41, 5.74) is 1.66. The standard InChI is InChI=1S/C20H21ClN2O3.C2HF3O2/c1-13-5-4-10-23(12-13)18-9-8-14(11-16(18)20(25)26)22-19(24)15-6-2-3-7-17(15)21;3-2(4,5)1(6)7/h2-3,6-9,11,13H,4-5,10,12H2,1H3,(H,22,24)(H,25,26);(H,6,7). The molecule has 1 atom stereocenters. The molecule has 11 heteroatoms. The molecular weight excluding hydrogens is 465 g/mol. The number of nitrogens with one attached hydrogen (secondary N) is 1. The minimum Gasteiger partial charge on any atom is -0.478 e. The number of aromatic carboxylic acids is 1. The smallest absolute Gasteiger partial charge is 0.478 e. The molecule has 1 unspecified atom stereocenters. The van der Waals surface area contributed by atoms with E-state index in [1.807, 2.05) is 0 Å². The Bertz CT molecular complexity index is 1030. The number of hydrogen-bond donors (Lipinski definition) is 3. The number of rotatable bonds is 4. The van der Waals surface area contributed by atoms with Gasteiger partial charge in [0.15, 0.2) is 0 Å². The van der Waals surface area contributed by atoms with E-state index in [1.54, 1.807) is 36.4 Å². The summed E-state index contributed by atoms with van der Waals surface area (Å²) >= 11 is 6.05. The van der Waals surface area contributed by atoms with Crippen molar-refractivity contribution in [1.82, 2.24) is 0 Å². The molecule has 0 aromatic heterocycles. The number of hydrogen-bond acceptors (Lipinski definition) is 4. The molecule has 3 rings (SSSR count). The van der Waals surface area contributed by atoms with Crippen molar-refractivity contribution in [2.45, 2.75) is 25.9 Å². The largest absolute Gasteiger partial charge is 0.490 e. The number of carboxylic acid groups (broad SMARTS) is 2. The van der Waals surface area contributed by atoms with Crippen LogP contribution < -0.4 is 10.2 Å². The predicted octanol–water partition coefficient (Wildman–Crippen LogP) is 5.16. The lowest BCUT2D eigenvalue weighted by atomic mass is 9.98. The van der Waals surface area contributed by atoms with E-state index < -0.39 is 18.1 Å². The van der Waals surface area contributed by atoms with Crippen LogP contribution in [0.15, 0.2) is 42.5 Å². The van der Waals surface area contributed by atoms with Crippen molar-refractivity contribution in [2.24, 2.45) is 5.92 Å². The van der Waals surface area contributed by atoms with E-state index in [9.17, 15) is 27.9 Å². The van der Waals surface area contributed by atoms with E-state index in [-0.39, 0.29) is 11.5 Å². The summed E-state index contributed by atoms with van der Waals surface area (Å²) in [6.07, 6.45) is -2.88. The van der Waals surface area contributed by atoms with Crippen LogP contribution in [0.3, 0.4) is 0 Å². The molecule has 0 saturated carbocycles. The van der Waals surface area contributed by atoms with Crippen LogP contribution >= 0.6 is 11.6 Å². The molecule has 1 heterocycles. The number of benzene rings is 2. The van der Waals surface area contributed by atoms with E-state index in [2.05, 4.69) is 17.1 Å². The zero-order valence-electron chi connectivity index (χ0n) is 17.5. The maximum Gasteiger partial charge on any atom is 0.490 e. The molecule has 2 aromatic carbocycles. The second-order valence-electron chi connectivity index (χ2n) is 7.47. The Balaban J connectivity index is 0.000000479. The van der Waals surface area contributed by atoms with Crippen molar-refractivity contribution in [3.63, 3.8) is 0 Å². The molecule has 0 spiro atoms. The Morgan fingerprint density at radius 1 is 1.09 bits per heavy atom. The van der Waals surface area contributed by atoms with Crippen LogP contribution in [0.4, 0.5) is 24.5 Å². The first kappa shape index (κ1) is 26.0. The first-order valence-corrected chi connectivity index (χ1v) is 10.3. The van der Waals surface area contributed by atoms with Crippen LogP contribution in [0, 0.1) is 5.92 Å². The lowest BCUT2D eigenvalue weighted by Crippen LogP contribution is -2.35. The van der Waals surface area contributed by atoms with Crippen LogP contribution in [-0.2, 0) is 4.79 Å². The Morgan fingerprint density at radius 2 is 1.73 bits per heavy atom. The van der Waals surface area contributed by atoms with Crippen molar-refractivity contribution in [3.05, 3.63) is 58.6 Å². The van der Waals surface area contributed by atoms with Gasteiger partial charge in [-0.2, -0.15) is 13.2 Å². The lowest BCUT2D eigenvalue weighted by Gasteiger charge is -2.33. The fraction of sp³-hybridized carbons (Fsp3) is 0.318. The quantitative estimate of drug-likeness (QED) is 0.551. The minimum absolute atomic E-state index is 0.191. The van der Waals surface area contributed by atoms with Gasteiger partial charge in [0.2, 0.25) is 0 Å². The zero-order chi connectivity index (χ0) is 24.8. The van der Waals surface area contributed by atoms with Gasteiger partial charge in [0, 0.05) is 18.8 Å². The number of alkyl halides is 3. The molecule has 7 nitrogen and oxygen atoms in total. The molecule has 0 aliphatic carbocycles. The Labute approximate surface area is 192 Å². The average molecular weight is 487 g/mol. The number of piperidine rings is 1. The number of nitrogens with zero attached hydrogens (tertiary/aromatic N) is 1. The van der Waals surface area contributed by atoms with Gasteiger partial charge in [0.1, 0.15) is 0 Å². The summed E-state index contributed by atoms with van der Waals surface area (Å²) in [5, 5.41) is 19.8. The highest BCUT2D eigenvalue weighted by Crippen LogP contribution is 2.29. The van der Waals surface area contributed by atoms with Gasteiger partial charge in [-0.15, -0.1) is 0 Å². The molecule has 1 aliphatic rings. The first-order chi connectivity index (χ1) is 15.4. The molecule has 178 valence electrons. The Hall–Kier alpha value is -3.27. The number of carbonyl (C=O) groups is 3. The average Bonchev–Trinajstić information content (AvgIpc) is 2.73. The Morgan fingerprint density at radius 3 is 2.27 bits per heavy atom. The van der Waals surface area contributed by atoms with Gasteiger partial charge in [-0.05, 0) is 49.1 Å². The number of aliphatic carboxylic acids is 1. The van der Waals surface area contributed by atoms with Crippen molar-refractivity contribution in [1.29, 1.82) is 0 Å². The third kappa shape index (κ3) is 7.38. The molecule has 1 saturated heterocycles. The van der Waals surface area contributed by atoms with Crippen LogP contribution in [0.25, 0.3) is 0 Å². The van der Waals surface area contributed by atoms with Crippen molar-refractivity contribution in [2.75, 3.05) is 23.3 Å². The van der Waals surface area contributed by atoms with Crippen LogP contribution in [0.1, 0.15) is 40.5 Å². The summed E-state index contributed by atoms with van der Waals surface area (Å²) in [6, 6.07) is 11.7. The minimum atomic E-state index is -5.08. The summed E-state index contributed by atoms with van der Waals surface area (Å²) in [5.74, 6) is -3.60. The molecule has 0 bridgehead atoms. The summed E-state index contributed by atoms with van der Waals surface area (Å²) in [6.45, 7) is 3.85. The molecule has 2 aromatic rings. The second-order valence-corrected chi connectivity index (χ2v) is 7.87. The van der Waals surface area contributed by atoms with Gasteiger partial charge in [0.05, 0.1) is 21.8 Å². The highest BCUT2D eigenvalue weighted by Gasteiger charge is 2.38. The molecule has 33 heavy (non-hydrogen) atoms. The van der Waals surface area contributed by atoms with Gasteiger partial charge in [0.25, 0.3) is 5.91 Å². The summed E-state index contributed by atoms with van der Waals surface area (Å²) in [4.78, 5) is 35.1. The van der Waals surface area contributed by atoms with Gasteiger partial charge in [-0.1, -0.05) is 30.7 Å². The third-order valence-electron chi connectivity index (χ3n) is 4.84. The van der Waals surface area contributed by atoms with E-state index in [0.29, 0.717) is 27.9 Å². The third-order valence-corrected chi connectivity index (χ3v) is 5.17. The molecule has 0 radical (unpaired) electrons. The van der Waals surface area contributed by atoms with Crippen molar-refractivity contribution in [3.8, 4) is 0 Å². The monoisotopic (exact) mass is 486 g/mol. The van der Waals surface area contributed by atoms with E-state index in [0.717, 1.165) is 25.9 Å². The number of carbonyl (C=O) groups excluding carboxylic acids is 1. The maximum atomic E-state index is 12.4. The number of amides is 1. The first-order valence-electron chi connectivity index (χ1n) is 9.88. The maximum absolute atomic E-state index is 12.4. The molecule has 1 fully saturated rings. The van der Waals surface area contributed by atoms with Crippen molar-refractivity contribution >= 4 is 40.8 Å². The van der Waals surface area contributed by atoms with Crippen molar-refractivity contribution < 1.29 is 37.8 Å². The highest BCUT2D eigenvalue weighted by molar-refractivity contribution is 6.34. The molecular formula is C22H22ClF3N2O5. The van der Waals surface area contributed by atoms with E-state index in [4.69, 9.17) is 21.5 Å². The Kier molecular flexibility index (Phi) is 8.69. The molecule has 1 amide bonds. The van der Waals surface area contributed by atoms with Crippen LogP contribution in [0.2, 0.25) is 5.02 Å².